The molecule has 106 valence electrons. The molecule has 0 fully saturated rings. The van der Waals surface area contributed by atoms with Gasteiger partial charge in [-0.15, -0.1) is 0 Å². The zero-order valence-electron chi connectivity index (χ0n) is 11.5. The van der Waals surface area contributed by atoms with Gasteiger partial charge in [-0.05, 0) is 6.92 Å². The molecule has 20 heavy (non-hydrogen) atoms. The predicted molar refractivity (Wildman–Crippen MR) is 75.5 cm³/mol. The molecule has 0 N–H and O–H groups in total. The molecule has 1 aromatic heterocycles. The molecule has 0 atom stereocenters. The molecule has 0 aliphatic rings. The number of nitro benzene ring substituents is 1. The summed E-state index contributed by atoms with van der Waals surface area (Å²) in [6.45, 7) is 5.96. The highest BCUT2D eigenvalue weighted by molar-refractivity contribution is 5.90. The lowest BCUT2D eigenvalue weighted by Crippen LogP contribution is -2.19. The van der Waals surface area contributed by atoms with Gasteiger partial charge in [0, 0.05) is 31.8 Å². The Hall–Kier alpha value is -2.57. The molecule has 0 unspecified atom stereocenters. The van der Waals surface area contributed by atoms with E-state index in [2.05, 4.69) is 6.58 Å². The number of aromatic nitrogens is 2. The largest absolute Gasteiger partial charge is 0.494 e. The number of imidazole rings is 1. The quantitative estimate of drug-likeness (QED) is 0.485. The Morgan fingerprint density at radius 3 is 2.60 bits per heavy atom. The third-order valence-corrected chi connectivity index (χ3v) is 3.17. The fraction of sp³-hybridized carbons (Fsp3) is 0.308. The lowest BCUT2D eigenvalue weighted by molar-refractivity contribution is -0.384. The van der Waals surface area contributed by atoms with Gasteiger partial charge < -0.3 is 4.74 Å². The van der Waals surface area contributed by atoms with Gasteiger partial charge in [-0.25, -0.2) is 4.79 Å². The average molecular weight is 277 g/mol. The zero-order chi connectivity index (χ0) is 15.0. The van der Waals surface area contributed by atoms with Crippen molar-refractivity contribution in [2.24, 2.45) is 14.1 Å². The number of hydrogen-bond donors (Lipinski definition) is 0. The van der Waals surface area contributed by atoms with E-state index in [-0.39, 0.29) is 11.4 Å². The van der Waals surface area contributed by atoms with Crippen molar-refractivity contribution in [3.63, 3.8) is 0 Å². The molecule has 0 amide bonds. The second-order valence-electron chi connectivity index (χ2n) is 4.37. The highest BCUT2D eigenvalue weighted by atomic mass is 16.6. The van der Waals surface area contributed by atoms with Gasteiger partial charge in [0.15, 0.2) is 0 Å². The lowest BCUT2D eigenvalue weighted by Gasteiger charge is -2.09. The number of nitrogens with zero attached hydrogens (tertiary/aromatic N) is 3. The second-order valence-corrected chi connectivity index (χ2v) is 4.37. The van der Waals surface area contributed by atoms with Crippen molar-refractivity contribution >= 4 is 22.5 Å². The first-order valence-electron chi connectivity index (χ1n) is 6.04. The van der Waals surface area contributed by atoms with Crippen LogP contribution in [0.3, 0.4) is 0 Å². The summed E-state index contributed by atoms with van der Waals surface area (Å²) in [4.78, 5) is 22.5. The molecular formula is C13H15N3O4. The van der Waals surface area contributed by atoms with Gasteiger partial charge in [0.2, 0.25) is 0 Å². The Morgan fingerprint density at radius 2 is 2.05 bits per heavy atom. The second kappa shape index (κ2) is 4.84. The van der Waals surface area contributed by atoms with Crippen LogP contribution in [0.4, 0.5) is 5.69 Å². The summed E-state index contributed by atoms with van der Waals surface area (Å²) < 4.78 is 8.13. The minimum absolute atomic E-state index is 0.102. The first-order valence-corrected chi connectivity index (χ1v) is 6.04. The number of nitro groups is 1. The van der Waals surface area contributed by atoms with Gasteiger partial charge in [0.25, 0.3) is 5.69 Å². The summed E-state index contributed by atoms with van der Waals surface area (Å²) in [5, 5.41) is 11.0. The van der Waals surface area contributed by atoms with Gasteiger partial charge >= 0.3 is 5.69 Å². The first kappa shape index (κ1) is 13.9. The predicted octanol–water partition coefficient (Wildman–Crippen LogP) is 1.79. The smallest absolute Gasteiger partial charge is 0.328 e. The number of aryl methyl sites for hydroxylation is 2. The van der Waals surface area contributed by atoms with Crippen LogP contribution in [-0.2, 0) is 18.8 Å². The lowest BCUT2D eigenvalue weighted by atomic mass is 10.1. The molecule has 0 spiro atoms. The summed E-state index contributed by atoms with van der Waals surface area (Å²) in [5.41, 5.74) is 1.14. The number of hydrogen-bond acceptors (Lipinski definition) is 4. The molecule has 0 aliphatic heterocycles. The van der Waals surface area contributed by atoms with E-state index >= 15 is 0 Å². The van der Waals surface area contributed by atoms with Crippen molar-refractivity contribution in [2.45, 2.75) is 6.92 Å². The maximum absolute atomic E-state index is 12.0. The van der Waals surface area contributed by atoms with E-state index < -0.39 is 4.92 Å². The Labute approximate surface area is 114 Å². The number of benzene rings is 1. The SMILES string of the molecule is C=C(OCC)c1cc([N+](=O)[O-])cc2c1n(C)c(=O)n2C. The van der Waals surface area contributed by atoms with E-state index in [4.69, 9.17) is 4.74 Å². The van der Waals surface area contributed by atoms with Crippen molar-refractivity contribution < 1.29 is 9.66 Å². The van der Waals surface area contributed by atoms with Crippen LogP contribution in [0.25, 0.3) is 16.8 Å². The molecule has 0 bridgehead atoms. The highest BCUT2D eigenvalue weighted by Gasteiger charge is 2.20. The molecule has 7 nitrogen and oxygen atoms in total. The molecule has 2 rings (SSSR count). The molecule has 1 heterocycles. The van der Waals surface area contributed by atoms with E-state index in [1.54, 1.807) is 21.0 Å². The van der Waals surface area contributed by atoms with E-state index in [0.717, 1.165) is 0 Å². The van der Waals surface area contributed by atoms with Crippen molar-refractivity contribution in [1.82, 2.24) is 9.13 Å². The van der Waals surface area contributed by atoms with Crippen LogP contribution in [-0.4, -0.2) is 20.7 Å². The van der Waals surface area contributed by atoms with Gasteiger partial charge in [0.1, 0.15) is 5.76 Å². The molecular weight excluding hydrogens is 262 g/mol. The van der Waals surface area contributed by atoms with Gasteiger partial charge in [0.05, 0.1) is 22.6 Å². The fourth-order valence-electron chi connectivity index (χ4n) is 2.21. The van der Waals surface area contributed by atoms with Crippen LogP contribution < -0.4 is 5.69 Å². The molecule has 7 heteroatoms. The Morgan fingerprint density at radius 1 is 1.40 bits per heavy atom. The Bertz CT molecular complexity index is 770. The van der Waals surface area contributed by atoms with Gasteiger partial charge in [-0.3, -0.25) is 19.2 Å². The number of ether oxygens (including phenoxy) is 1. The average Bonchev–Trinajstić information content (AvgIpc) is 2.63. The molecule has 0 radical (unpaired) electrons. The van der Waals surface area contributed by atoms with Crippen LogP contribution in [0.1, 0.15) is 12.5 Å². The summed E-state index contributed by atoms with van der Waals surface area (Å²) in [6.07, 6.45) is 0. The Kier molecular flexibility index (Phi) is 3.35. The Balaban J connectivity index is 2.89. The molecule has 0 aliphatic carbocycles. The summed E-state index contributed by atoms with van der Waals surface area (Å²) in [7, 11) is 3.18. The van der Waals surface area contributed by atoms with Crippen LogP contribution >= 0.6 is 0 Å². The normalized spacial score (nSPS) is 10.8. The van der Waals surface area contributed by atoms with Crippen LogP contribution in [0, 0.1) is 10.1 Å². The maximum atomic E-state index is 12.0. The highest BCUT2D eigenvalue weighted by Crippen LogP contribution is 2.29. The van der Waals surface area contributed by atoms with E-state index in [1.165, 1.54) is 21.3 Å². The van der Waals surface area contributed by atoms with Crippen molar-refractivity contribution in [3.05, 3.63) is 44.9 Å². The van der Waals surface area contributed by atoms with Crippen LogP contribution in [0.2, 0.25) is 0 Å². The molecule has 0 saturated heterocycles. The molecule has 2 aromatic rings. The number of fused-ring (bicyclic) bond motifs is 1. The molecule has 0 saturated carbocycles. The first-order chi connectivity index (χ1) is 9.38. The van der Waals surface area contributed by atoms with Crippen molar-refractivity contribution in [1.29, 1.82) is 0 Å². The summed E-state index contributed by atoms with van der Waals surface area (Å²) in [6, 6.07) is 2.75. The van der Waals surface area contributed by atoms with Crippen LogP contribution in [0.15, 0.2) is 23.5 Å². The van der Waals surface area contributed by atoms with E-state index in [9.17, 15) is 14.9 Å². The topological polar surface area (TPSA) is 79.3 Å². The third-order valence-electron chi connectivity index (χ3n) is 3.17. The standard InChI is InChI=1S/C13H15N3O4/c1-5-20-8(2)10-6-9(16(18)19)7-11-12(10)15(4)13(17)14(11)3/h6-7H,2,5H2,1,3-4H3. The minimum atomic E-state index is -0.500. The zero-order valence-corrected chi connectivity index (χ0v) is 11.5. The van der Waals surface area contributed by atoms with Gasteiger partial charge in [-0.2, -0.15) is 0 Å². The maximum Gasteiger partial charge on any atom is 0.328 e. The van der Waals surface area contributed by atoms with E-state index in [0.29, 0.717) is 29.0 Å². The fourth-order valence-corrected chi connectivity index (χ4v) is 2.21. The van der Waals surface area contributed by atoms with E-state index in [1.807, 2.05) is 0 Å². The summed E-state index contributed by atoms with van der Waals surface area (Å²) >= 11 is 0. The van der Waals surface area contributed by atoms with Crippen LogP contribution in [0.5, 0.6) is 0 Å². The molecule has 1 aromatic carbocycles. The van der Waals surface area contributed by atoms with Gasteiger partial charge in [-0.1, -0.05) is 6.58 Å². The minimum Gasteiger partial charge on any atom is -0.494 e. The monoisotopic (exact) mass is 277 g/mol. The number of non-ortho nitro benzene ring substituents is 1. The van der Waals surface area contributed by atoms with Crippen molar-refractivity contribution in [2.75, 3.05) is 6.61 Å². The third kappa shape index (κ3) is 1.97. The van der Waals surface area contributed by atoms with Crippen molar-refractivity contribution in [3.8, 4) is 0 Å². The summed E-state index contributed by atoms with van der Waals surface area (Å²) in [5.74, 6) is 0.308. The number of rotatable bonds is 4.